The van der Waals surface area contributed by atoms with E-state index >= 15 is 0 Å². The number of rotatable bonds is 11. The summed E-state index contributed by atoms with van der Waals surface area (Å²) in [4.78, 5) is 0. The Kier molecular flexibility index (Phi) is 8.93. The zero-order valence-electron chi connectivity index (χ0n) is 13.4. The molecule has 0 aliphatic heterocycles. The first-order valence-electron chi connectivity index (χ1n) is 8.19. The summed E-state index contributed by atoms with van der Waals surface area (Å²) in [6.45, 7) is 8.18. The standard InChI is InChI=1S/C18H30O2/c1-4-7-9-11-19-17-13-16(6-3)14-18(15-17)20-12-10-8-5-2/h13-15H,4-12H2,1-3H3. The van der Waals surface area contributed by atoms with Crippen molar-refractivity contribution >= 4 is 0 Å². The van der Waals surface area contributed by atoms with Crippen molar-refractivity contribution in [3.8, 4) is 11.5 Å². The van der Waals surface area contributed by atoms with Gasteiger partial charge >= 0.3 is 0 Å². The monoisotopic (exact) mass is 278 g/mol. The van der Waals surface area contributed by atoms with Crippen LogP contribution in [0.2, 0.25) is 0 Å². The van der Waals surface area contributed by atoms with E-state index in [0.29, 0.717) is 0 Å². The first kappa shape index (κ1) is 16.9. The van der Waals surface area contributed by atoms with E-state index in [1.165, 1.54) is 31.2 Å². The Bertz CT molecular complexity index is 330. The summed E-state index contributed by atoms with van der Waals surface area (Å²) in [5, 5.41) is 0. The molecule has 20 heavy (non-hydrogen) atoms. The van der Waals surface area contributed by atoms with E-state index in [0.717, 1.165) is 44.0 Å². The van der Waals surface area contributed by atoms with Crippen LogP contribution in [0.3, 0.4) is 0 Å². The van der Waals surface area contributed by atoms with Crippen molar-refractivity contribution in [1.82, 2.24) is 0 Å². The maximum Gasteiger partial charge on any atom is 0.123 e. The Balaban J connectivity index is 2.51. The van der Waals surface area contributed by atoms with E-state index in [9.17, 15) is 0 Å². The molecule has 0 N–H and O–H groups in total. The lowest BCUT2D eigenvalue weighted by atomic mass is 10.1. The van der Waals surface area contributed by atoms with Crippen molar-refractivity contribution < 1.29 is 9.47 Å². The Morgan fingerprint density at radius 3 is 1.60 bits per heavy atom. The lowest BCUT2D eigenvalue weighted by molar-refractivity contribution is 0.291. The highest BCUT2D eigenvalue weighted by Gasteiger charge is 2.02. The minimum atomic E-state index is 0.802. The molecule has 0 saturated heterocycles. The van der Waals surface area contributed by atoms with Crippen molar-refractivity contribution in [1.29, 1.82) is 0 Å². The summed E-state index contributed by atoms with van der Waals surface area (Å²) >= 11 is 0. The van der Waals surface area contributed by atoms with E-state index < -0.39 is 0 Å². The molecule has 0 atom stereocenters. The zero-order valence-corrected chi connectivity index (χ0v) is 13.4. The van der Waals surface area contributed by atoms with Crippen LogP contribution in [0.25, 0.3) is 0 Å². The fraction of sp³-hybridized carbons (Fsp3) is 0.667. The molecule has 0 saturated carbocycles. The molecule has 2 heteroatoms. The molecule has 0 spiro atoms. The zero-order chi connectivity index (χ0) is 14.6. The molecule has 114 valence electrons. The number of unbranched alkanes of at least 4 members (excludes halogenated alkanes) is 4. The summed E-state index contributed by atoms with van der Waals surface area (Å²) in [6.07, 6.45) is 8.17. The minimum absolute atomic E-state index is 0.802. The Morgan fingerprint density at radius 2 is 1.20 bits per heavy atom. The molecule has 0 aliphatic carbocycles. The van der Waals surface area contributed by atoms with Crippen LogP contribution in [-0.2, 0) is 6.42 Å². The Labute approximate surface area is 124 Å². The number of ether oxygens (including phenoxy) is 2. The van der Waals surface area contributed by atoms with Crippen LogP contribution in [0.5, 0.6) is 11.5 Å². The van der Waals surface area contributed by atoms with Gasteiger partial charge in [-0.1, -0.05) is 46.5 Å². The summed E-state index contributed by atoms with van der Waals surface area (Å²) < 4.78 is 11.7. The number of hydrogen-bond acceptors (Lipinski definition) is 2. The van der Waals surface area contributed by atoms with Gasteiger partial charge in [-0.3, -0.25) is 0 Å². The molecular weight excluding hydrogens is 248 g/mol. The molecule has 0 heterocycles. The van der Waals surface area contributed by atoms with Gasteiger partial charge in [0.25, 0.3) is 0 Å². The van der Waals surface area contributed by atoms with Gasteiger partial charge in [-0.05, 0) is 37.0 Å². The maximum atomic E-state index is 5.84. The third-order valence-corrected chi connectivity index (χ3v) is 3.38. The Hall–Kier alpha value is -1.18. The average molecular weight is 278 g/mol. The molecule has 0 aliphatic rings. The fourth-order valence-corrected chi connectivity index (χ4v) is 2.09. The van der Waals surface area contributed by atoms with Crippen LogP contribution in [0, 0.1) is 0 Å². The molecule has 0 amide bonds. The second kappa shape index (κ2) is 10.6. The lowest BCUT2D eigenvalue weighted by Crippen LogP contribution is -2.01. The van der Waals surface area contributed by atoms with Crippen LogP contribution in [-0.4, -0.2) is 13.2 Å². The normalized spacial score (nSPS) is 10.6. The van der Waals surface area contributed by atoms with Gasteiger partial charge in [-0.25, -0.2) is 0 Å². The van der Waals surface area contributed by atoms with Gasteiger partial charge in [0.15, 0.2) is 0 Å². The third kappa shape index (κ3) is 6.83. The topological polar surface area (TPSA) is 18.5 Å². The predicted molar refractivity (Wildman–Crippen MR) is 85.9 cm³/mol. The average Bonchev–Trinajstić information content (AvgIpc) is 2.48. The highest BCUT2D eigenvalue weighted by molar-refractivity contribution is 5.38. The van der Waals surface area contributed by atoms with Gasteiger partial charge in [0, 0.05) is 6.07 Å². The van der Waals surface area contributed by atoms with E-state index in [1.807, 2.05) is 6.07 Å². The quantitative estimate of drug-likeness (QED) is 0.505. The molecule has 0 aromatic heterocycles. The van der Waals surface area contributed by atoms with Crippen molar-refractivity contribution in [3.63, 3.8) is 0 Å². The molecule has 0 fully saturated rings. The van der Waals surface area contributed by atoms with Crippen molar-refractivity contribution in [2.45, 2.75) is 65.7 Å². The van der Waals surface area contributed by atoms with Gasteiger partial charge in [0.05, 0.1) is 13.2 Å². The van der Waals surface area contributed by atoms with Crippen molar-refractivity contribution in [2.24, 2.45) is 0 Å². The number of benzene rings is 1. The van der Waals surface area contributed by atoms with E-state index in [4.69, 9.17) is 9.47 Å². The highest BCUT2D eigenvalue weighted by Crippen LogP contribution is 2.24. The smallest absolute Gasteiger partial charge is 0.123 e. The molecule has 0 bridgehead atoms. The molecule has 2 nitrogen and oxygen atoms in total. The van der Waals surface area contributed by atoms with E-state index in [2.05, 4.69) is 32.9 Å². The van der Waals surface area contributed by atoms with Crippen LogP contribution < -0.4 is 9.47 Å². The summed E-state index contributed by atoms with van der Waals surface area (Å²) in [6, 6.07) is 6.28. The molecular formula is C18H30O2. The number of aryl methyl sites for hydroxylation is 1. The SMILES string of the molecule is CCCCCOc1cc(CC)cc(OCCCCC)c1. The second-order valence-corrected chi connectivity index (χ2v) is 5.28. The van der Waals surface area contributed by atoms with Crippen LogP contribution in [0.1, 0.15) is 64.9 Å². The van der Waals surface area contributed by atoms with Crippen molar-refractivity contribution in [2.75, 3.05) is 13.2 Å². The molecule has 0 unspecified atom stereocenters. The summed E-state index contributed by atoms with van der Waals surface area (Å²) in [5.74, 6) is 1.90. The first-order chi connectivity index (χ1) is 9.80. The van der Waals surface area contributed by atoms with Crippen LogP contribution in [0.15, 0.2) is 18.2 Å². The maximum absolute atomic E-state index is 5.84. The van der Waals surface area contributed by atoms with Gasteiger partial charge in [0.1, 0.15) is 11.5 Å². The predicted octanol–water partition coefficient (Wildman–Crippen LogP) is 5.39. The van der Waals surface area contributed by atoms with Crippen LogP contribution >= 0.6 is 0 Å². The minimum Gasteiger partial charge on any atom is -0.493 e. The highest BCUT2D eigenvalue weighted by atomic mass is 16.5. The Morgan fingerprint density at radius 1 is 0.700 bits per heavy atom. The third-order valence-electron chi connectivity index (χ3n) is 3.38. The van der Waals surface area contributed by atoms with Gasteiger partial charge in [-0.2, -0.15) is 0 Å². The van der Waals surface area contributed by atoms with E-state index in [1.54, 1.807) is 0 Å². The van der Waals surface area contributed by atoms with Crippen LogP contribution in [0.4, 0.5) is 0 Å². The molecule has 1 aromatic carbocycles. The molecule has 1 aromatic rings. The molecule has 0 radical (unpaired) electrons. The lowest BCUT2D eigenvalue weighted by Gasteiger charge is -2.12. The fourth-order valence-electron chi connectivity index (χ4n) is 2.09. The summed E-state index contributed by atoms with van der Waals surface area (Å²) in [7, 11) is 0. The van der Waals surface area contributed by atoms with Gasteiger partial charge in [0.2, 0.25) is 0 Å². The van der Waals surface area contributed by atoms with Gasteiger partial charge < -0.3 is 9.47 Å². The first-order valence-corrected chi connectivity index (χ1v) is 8.19. The van der Waals surface area contributed by atoms with Gasteiger partial charge in [-0.15, -0.1) is 0 Å². The molecule has 1 rings (SSSR count). The van der Waals surface area contributed by atoms with E-state index in [-0.39, 0.29) is 0 Å². The largest absolute Gasteiger partial charge is 0.493 e. The second-order valence-electron chi connectivity index (χ2n) is 5.28. The van der Waals surface area contributed by atoms with Crippen molar-refractivity contribution in [3.05, 3.63) is 23.8 Å². The number of hydrogen-bond donors (Lipinski definition) is 0. The summed E-state index contributed by atoms with van der Waals surface area (Å²) in [5.41, 5.74) is 1.28.